The molecule has 0 radical (unpaired) electrons. The SMILES string of the molecule is N#CCN1C(=O)C2(OCCO2)c2ccc(Cl)cc21. The van der Waals surface area contributed by atoms with Crippen molar-refractivity contribution in [2.45, 2.75) is 5.79 Å². The summed E-state index contributed by atoms with van der Waals surface area (Å²) in [5.74, 6) is -1.74. The zero-order valence-electron chi connectivity index (χ0n) is 9.35. The molecule has 1 fully saturated rings. The molecule has 0 N–H and O–H groups in total. The Labute approximate surface area is 108 Å². The van der Waals surface area contributed by atoms with Crippen LogP contribution in [0, 0.1) is 11.3 Å². The second kappa shape index (κ2) is 3.95. The first kappa shape index (κ1) is 11.5. The van der Waals surface area contributed by atoms with E-state index in [1.54, 1.807) is 18.2 Å². The van der Waals surface area contributed by atoms with E-state index in [4.69, 9.17) is 26.3 Å². The van der Waals surface area contributed by atoms with Gasteiger partial charge in [-0.15, -0.1) is 0 Å². The van der Waals surface area contributed by atoms with Crippen LogP contribution in [0.4, 0.5) is 5.69 Å². The van der Waals surface area contributed by atoms with Gasteiger partial charge in [0.25, 0.3) is 11.7 Å². The zero-order valence-corrected chi connectivity index (χ0v) is 10.1. The first-order chi connectivity index (χ1) is 8.69. The molecule has 2 aliphatic rings. The number of halogens is 1. The third kappa shape index (κ3) is 1.37. The highest BCUT2D eigenvalue weighted by Crippen LogP contribution is 2.46. The van der Waals surface area contributed by atoms with E-state index in [1.807, 2.05) is 6.07 Å². The van der Waals surface area contributed by atoms with Crippen molar-refractivity contribution in [1.29, 1.82) is 5.26 Å². The van der Waals surface area contributed by atoms with Crippen molar-refractivity contribution in [3.8, 4) is 6.07 Å². The molecular weight excluding hydrogens is 256 g/mol. The highest BCUT2D eigenvalue weighted by atomic mass is 35.5. The van der Waals surface area contributed by atoms with Gasteiger partial charge in [-0.3, -0.25) is 9.69 Å². The van der Waals surface area contributed by atoms with Crippen LogP contribution in [-0.2, 0) is 20.1 Å². The standard InChI is InChI=1S/C12H9ClN2O3/c13-8-1-2-9-10(7-8)15(4-3-14)11(16)12(9)17-5-6-18-12/h1-2,7H,4-6H2. The van der Waals surface area contributed by atoms with E-state index in [0.717, 1.165) is 0 Å². The number of anilines is 1. The van der Waals surface area contributed by atoms with Crippen LogP contribution in [0.15, 0.2) is 18.2 Å². The zero-order chi connectivity index (χ0) is 12.8. The maximum absolute atomic E-state index is 12.4. The number of amides is 1. The molecule has 0 aliphatic carbocycles. The molecule has 2 heterocycles. The van der Waals surface area contributed by atoms with E-state index in [-0.39, 0.29) is 12.5 Å². The second-order valence-corrected chi connectivity index (χ2v) is 4.46. The summed E-state index contributed by atoms with van der Waals surface area (Å²) in [5.41, 5.74) is 1.20. The first-order valence-electron chi connectivity index (χ1n) is 5.46. The lowest BCUT2D eigenvalue weighted by atomic mass is 10.1. The van der Waals surface area contributed by atoms with E-state index >= 15 is 0 Å². The van der Waals surface area contributed by atoms with Gasteiger partial charge in [-0.2, -0.15) is 5.26 Å². The maximum atomic E-state index is 12.4. The van der Waals surface area contributed by atoms with Crippen molar-refractivity contribution in [3.05, 3.63) is 28.8 Å². The van der Waals surface area contributed by atoms with Crippen molar-refractivity contribution in [2.24, 2.45) is 0 Å². The first-order valence-corrected chi connectivity index (χ1v) is 5.84. The van der Waals surface area contributed by atoms with E-state index in [9.17, 15) is 4.79 Å². The molecule has 0 atom stereocenters. The number of carbonyl (C=O) groups excluding carboxylic acids is 1. The molecule has 1 aromatic carbocycles. The number of carbonyl (C=O) groups is 1. The number of hydrogen-bond acceptors (Lipinski definition) is 4. The minimum atomic E-state index is -1.38. The summed E-state index contributed by atoms with van der Waals surface area (Å²) in [7, 11) is 0. The highest BCUT2D eigenvalue weighted by molar-refractivity contribution is 6.31. The summed E-state index contributed by atoms with van der Waals surface area (Å²) >= 11 is 5.93. The van der Waals surface area contributed by atoms with Gasteiger partial charge < -0.3 is 9.47 Å². The van der Waals surface area contributed by atoms with Gasteiger partial charge in [0.15, 0.2) is 0 Å². The molecule has 1 amide bonds. The predicted molar refractivity (Wildman–Crippen MR) is 63.0 cm³/mol. The van der Waals surface area contributed by atoms with Gasteiger partial charge in [0.1, 0.15) is 6.54 Å². The molecular formula is C12H9ClN2O3. The van der Waals surface area contributed by atoms with Gasteiger partial charge in [0, 0.05) is 10.6 Å². The molecule has 0 bridgehead atoms. The third-order valence-corrected chi connectivity index (χ3v) is 3.29. The monoisotopic (exact) mass is 264 g/mol. The molecule has 1 saturated heterocycles. The van der Waals surface area contributed by atoms with Crippen LogP contribution in [0.3, 0.4) is 0 Å². The number of nitrogens with zero attached hydrogens (tertiary/aromatic N) is 2. The Kier molecular flexibility index (Phi) is 2.52. The Morgan fingerprint density at radius 3 is 2.83 bits per heavy atom. The van der Waals surface area contributed by atoms with Gasteiger partial charge in [0.05, 0.1) is 25.0 Å². The lowest BCUT2D eigenvalue weighted by Gasteiger charge is -2.20. The lowest BCUT2D eigenvalue weighted by Crippen LogP contribution is -2.41. The van der Waals surface area contributed by atoms with E-state index < -0.39 is 5.79 Å². The van der Waals surface area contributed by atoms with Crippen molar-refractivity contribution < 1.29 is 14.3 Å². The van der Waals surface area contributed by atoms with Gasteiger partial charge >= 0.3 is 0 Å². The maximum Gasteiger partial charge on any atom is 0.293 e. The highest BCUT2D eigenvalue weighted by Gasteiger charge is 2.55. The summed E-state index contributed by atoms with van der Waals surface area (Å²) < 4.78 is 11.0. The number of benzene rings is 1. The Hall–Kier alpha value is -1.61. The van der Waals surface area contributed by atoms with Crippen LogP contribution in [0.2, 0.25) is 5.02 Å². The van der Waals surface area contributed by atoms with E-state index in [2.05, 4.69) is 0 Å². The largest absolute Gasteiger partial charge is 0.336 e. The molecule has 18 heavy (non-hydrogen) atoms. The molecule has 3 rings (SSSR count). The molecule has 92 valence electrons. The van der Waals surface area contributed by atoms with Gasteiger partial charge in [0.2, 0.25) is 0 Å². The molecule has 2 aliphatic heterocycles. The Morgan fingerprint density at radius 2 is 2.17 bits per heavy atom. The average Bonchev–Trinajstić information content (AvgIpc) is 2.92. The number of fused-ring (bicyclic) bond motifs is 2. The van der Waals surface area contributed by atoms with Gasteiger partial charge in [-0.25, -0.2) is 0 Å². The van der Waals surface area contributed by atoms with E-state index in [1.165, 1.54) is 4.90 Å². The van der Waals surface area contributed by atoms with Crippen molar-refractivity contribution in [2.75, 3.05) is 24.7 Å². The summed E-state index contributed by atoms with van der Waals surface area (Å²) in [6.45, 7) is 0.656. The Bertz CT molecular complexity index is 561. The van der Waals surface area contributed by atoms with Crippen LogP contribution in [0.1, 0.15) is 5.56 Å². The normalized spacial score (nSPS) is 20.2. The number of nitriles is 1. The molecule has 1 spiro atoms. The number of rotatable bonds is 1. The predicted octanol–water partition coefficient (Wildman–Crippen LogP) is 1.41. The van der Waals surface area contributed by atoms with Gasteiger partial charge in [-0.05, 0) is 18.2 Å². The summed E-state index contributed by atoms with van der Waals surface area (Å²) in [6, 6.07) is 6.99. The molecule has 0 saturated carbocycles. The second-order valence-electron chi connectivity index (χ2n) is 4.02. The summed E-state index contributed by atoms with van der Waals surface area (Å²) in [4.78, 5) is 13.7. The fourth-order valence-electron chi connectivity index (χ4n) is 2.33. The Morgan fingerprint density at radius 1 is 1.44 bits per heavy atom. The summed E-state index contributed by atoms with van der Waals surface area (Å²) in [5, 5.41) is 9.31. The smallest absolute Gasteiger partial charge is 0.293 e. The molecule has 0 unspecified atom stereocenters. The van der Waals surface area contributed by atoms with Crippen LogP contribution in [0.5, 0.6) is 0 Å². The van der Waals surface area contributed by atoms with Crippen LogP contribution in [0.25, 0.3) is 0 Å². The van der Waals surface area contributed by atoms with Crippen LogP contribution >= 0.6 is 11.6 Å². The fourth-order valence-corrected chi connectivity index (χ4v) is 2.49. The quantitative estimate of drug-likeness (QED) is 0.720. The van der Waals surface area contributed by atoms with Crippen LogP contribution in [-0.4, -0.2) is 25.7 Å². The molecule has 1 aromatic rings. The topological polar surface area (TPSA) is 62.6 Å². The van der Waals surface area contributed by atoms with Crippen molar-refractivity contribution in [1.82, 2.24) is 0 Å². The number of ether oxygens (including phenoxy) is 2. The number of hydrogen-bond donors (Lipinski definition) is 0. The molecule has 6 heteroatoms. The lowest BCUT2D eigenvalue weighted by molar-refractivity contribution is -0.180. The van der Waals surface area contributed by atoms with Crippen molar-refractivity contribution >= 4 is 23.2 Å². The summed E-state index contributed by atoms with van der Waals surface area (Å²) in [6.07, 6.45) is 0. The molecule has 5 nitrogen and oxygen atoms in total. The minimum Gasteiger partial charge on any atom is -0.336 e. The fraction of sp³-hybridized carbons (Fsp3) is 0.333. The van der Waals surface area contributed by atoms with Crippen LogP contribution < -0.4 is 4.90 Å². The van der Waals surface area contributed by atoms with Gasteiger partial charge in [-0.1, -0.05) is 11.6 Å². The average molecular weight is 265 g/mol. The molecule has 0 aromatic heterocycles. The van der Waals surface area contributed by atoms with E-state index in [0.29, 0.717) is 29.5 Å². The van der Waals surface area contributed by atoms with Crippen molar-refractivity contribution in [3.63, 3.8) is 0 Å². The minimum absolute atomic E-state index is 0.0549. The Balaban J connectivity index is 2.18. The third-order valence-electron chi connectivity index (χ3n) is 3.05.